The van der Waals surface area contributed by atoms with E-state index in [1.807, 2.05) is 12.1 Å². The second-order valence-corrected chi connectivity index (χ2v) is 7.28. The lowest BCUT2D eigenvalue weighted by Crippen LogP contribution is -2.34. The number of hydrogen-bond donors (Lipinski definition) is 2. The van der Waals surface area contributed by atoms with Crippen molar-refractivity contribution in [3.8, 4) is 11.5 Å². The Bertz CT molecular complexity index is 551. The van der Waals surface area contributed by atoms with Gasteiger partial charge in [0.25, 0.3) is 0 Å². The topological polar surface area (TPSA) is 67.8 Å². The van der Waals surface area contributed by atoms with Crippen molar-refractivity contribution in [3.63, 3.8) is 0 Å². The maximum atomic E-state index is 11.0. The Balaban J connectivity index is 1.83. The molecular weight excluding hydrogens is 318 g/mol. The number of benzene rings is 1. The number of carboxylic acids is 1. The fraction of sp³-hybridized carbons (Fsp3) is 0.650. The zero-order chi connectivity index (χ0) is 18.2. The molecule has 0 aliphatic heterocycles. The summed E-state index contributed by atoms with van der Waals surface area (Å²) in [6.45, 7) is 5.81. The van der Waals surface area contributed by atoms with E-state index in [4.69, 9.17) is 14.6 Å². The van der Waals surface area contributed by atoms with E-state index < -0.39 is 5.97 Å². The summed E-state index contributed by atoms with van der Waals surface area (Å²) in [5.74, 6) is 1.34. The van der Waals surface area contributed by atoms with Crippen molar-refractivity contribution in [1.82, 2.24) is 5.32 Å². The molecule has 1 aliphatic rings. The fourth-order valence-corrected chi connectivity index (χ4v) is 3.15. The third kappa shape index (κ3) is 6.24. The molecule has 140 valence electrons. The molecule has 0 amide bonds. The lowest BCUT2D eigenvalue weighted by Gasteiger charge is -2.27. The molecule has 1 saturated carbocycles. The van der Waals surface area contributed by atoms with Gasteiger partial charge in [0.15, 0.2) is 11.5 Å². The van der Waals surface area contributed by atoms with Gasteiger partial charge in [-0.05, 0) is 55.7 Å². The van der Waals surface area contributed by atoms with E-state index in [1.54, 1.807) is 7.11 Å². The SMILES string of the molecule is COc1cc(CNC2CCC(C(=O)O)CC2)ccc1OCCC(C)C. The molecule has 0 aromatic heterocycles. The molecule has 2 N–H and O–H groups in total. The number of aliphatic carboxylic acids is 1. The Morgan fingerprint density at radius 2 is 1.96 bits per heavy atom. The molecule has 1 aromatic rings. The average Bonchev–Trinajstić information content (AvgIpc) is 2.60. The van der Waals surface area contributed by atoms with E-state index in [-0.39, 0.29) is 5.92 Å². The lowest BCUT2D eigenvalue weighted by molar-refractivity contribution is -0.142. The first-order valence-electron chi connectivity index (χ1n) is 9.25. The number of hydrogen-bond acceptors (Lipinski definition) is 4. The highest BCUT2D eigenvalue weighted by molar-refractivity contribution is 5.70. The molecule has 0 radical (unpaired) electrons. The Kier molecular flexibility index (Phi) is 7.56. The summed E-state index contributed by atoms with van der Waals surface area (Å²) in [7, 11) is 1.66. The second kappa shape index (κ2) is 9.66. The molecule has 0 atom stereocenters. The molecule has 0 spiro atoms. The summed E-state index contributed by atoms with van der Waals surface area (Å²) in [5, 5.41) is 12.6. The molecular formula is C20H31NO4. The normalized spacial score (nSPS) is 20.5. The van der Waals surface area contributed by atoms with Gasteiger partial charge in [0.2, 0.25) is 0 Å². The fourth-order valence-electron chi connectivity index (χ4n) is 3.15. The van der Waals surface area contributed by atoms with Crippen LogP contribution in [0.5, 0.6) is 11.5 Å². The van der Waals surface area contributed by atoms with Crippen molar-refractivity contribution < 1.29 is 19.4 Å². The highest BCUT2D eigenvalue weighted by atomic mass is 16.5. The minimum atomic E-state index is -0.656. The molecule has 0 heterocycles. The zero-order valence-electron chi connectivity index (χ0n) is 15.6. The lowest BCUT2D eigenvalue weighted by atomic mass is 9.86. The largest absolute Gasteiger partial charge is 0.493 e. The molecule has 5 nitrogen and oxygen atoms in total. The average molecular weight is 349 g/mol. The van der Waals surface area contributed by atoms with Crippen LogP contribution in [0, 0.1) is 11.8 Å². The Morgan fingerprint density at radius 1 is 1.24 bits per heavy atom. The molecule has 0 unspecified atom stereocenters. The van der Waals surface area contributed by atoms with Crippen LogP contribution in [0.15, 0.2) is 18.2 Å². The van der Waals surface area contributed by atoms with Gasteiger partial charge in [0.1, 0.15) is 0 Å². The molecule has 0 bridgehead atoms. The van der Waals surface area contributed by atoms with E-state index in [9.17, 15) is 4.79 Å². The summed E-state index contributed by atoms with van der Waals surface area (Å²) >= 11 is 0. The van der Waals surface area contributed by atoms with Crippen LogP contribution in [0.4, 0.5) is 0 Å². The summed E-state index contributed by atoms with van der Waals surface area (Å²) in [6, 6.07) is 6.44. The number of rotatable bonds is 9. The van der Waals surface area contributed by atoms with Gasteiger partial charge in [0, 0.05) is 12.6 Å². The van der Waals surface area contributed by atoms with Crippen LogP contribution < -0.4 is 14.8 Å². The van der Waals surface area contributed by atoms with Crippen LogP contribution in [0.2, 0.25) is 0 Å². The monoisotopic (exact) mass is 349 g/mol. The van der Waals surface area contributed by atoms with Gasteiger partial charge in [-0.15, -0.1) is 0 Å². The Morgan fingerprint density at radius 3 is 2.56 bits per heavy atom. The molecule has 1 fully saturated rings. The third-order valence-corrected chi connectivity index (χ3v) is 4.85. The number of methoxy groups -OCH3 is 1. The van der Waals surface area contributed by atoms with Crippen LogP contribution in [0.3, 0.4) is 0 Å². The van der Waals surface area contributed by atoms with Gasteiger partial charge in [-0.25, -0.2) is 0 Å². The first kappa shape index (κ1) is 19.6. The van der Waals surface area contributed by atoms with Crippen molar-refractivity contribution in [2.45, 2.75) is 58.5 Å². The smallest absolute Gasteiger partial charge is 0.306 e. The minimum absolute atomic E-state index is 0.166. The number of carbonyl (C=O) groups is 1. The van der Waals surface area contributed by atoms with E-state index in [2.05, 4.69) is 25.2 Å². The molecule has 2 rings (SSSR count). The van der Waals surface area contributed by atoms with Crippen LogP contribution in [0.1, 0.15) is 51.5 Å². The highest BCUT2D eigenvalue weighted by Gasteiger charge is 2.25. The molecule has 5 heteroatoms. The van der Waals surface area contributed by atoms with Crippen LogP contribution in [-0.2, 0) is 11.3 Å². The molecule has 0 saturated heterocycles. The van der Waals surface area contributed by atoms with Gasteiger partial charge in [-0.2, -0.15) is 0 Å². The predicted molar refractivity (Wildman–Crippen MR) is 98.2 cm³/mol. The summed E-state index contributed by atoms with van der Waals surface area (Å²) in [4.78, 5) is 11.0. The van der Waals surface area contributed by atoms with E-state index >= 15 is 0 Å². The van der Waals surface area contributed by atoms with Crippen molar-refractivity contribution in [3.05, 3.63) is 23.8 Å². The first-order chi connectivity index (χ1) is 12.0. The zero-order valence-corrected chi connectivity index (χ0v) is 15.6. The third-order valence-electron chi connectivity index (χ3n) is 4.85. The van der Waals surface area contributed by atoms with Crippen LogP contribution >= 0.6 is 0 Å². The maximum absolute atomic E-state index is 11.0. The predicted octanol–water partition coefficient (Wildman–Crippen LogP) is 3.85. The first-order valence-corrected chi connectivity index (χ1v) is 9.25. The van der Waals surface area contributed by atoms with Crippen molar-refractivity contribution in [2.24, 2.45) is 11.8 Å². The number of nitrogens with one attached hydrogen (secondary N) is 1. The maximum Gasteiger partial charge on any atom is 0.306 e. The van der Waals surface area contributed by atoms with Gasteiger partial charge in [-0.1, -0.05) is 19.9 Å². The summed E-state index contributed by atoms with van der Waals surface area (Å²) in [5.41, 5.74) is 1.15. The minimum Gasteiger partial charge on any atom is -0.493 e. The van der Waals surface area contributed by atoms with Crippen molar-refractivity contribution in [1.29, 1.82) is 0 Å². The summed E-state index contributed by atoms with van der Waals surface area (Å²) in [6.07, 6.45) is 4.39. The van der Waals surface area contributed by atoms with Crippen molar-refractivity contribution >= 4 is 5.97 Å². The quantitative estimate of drug-likeness (QED) is 0.709. The highest BCUT2D eigenvalue weighted by Crippen LogP contribution is 2.29. The number of ether oxygens (including phenoxy) is 2. The summed E-state index contributed by atoms with van der Waals surface area (Å²) < 4.78 is 11.3. The number of carboxylic acid groups (broad SMARTS) is 1. The van der Waals surface area contributed by atoms with Gasteiger partial charge in [-0.3, -0.25) is 4.79 Å². The molecule has 1 aromatic carbocycles. The van der Waals surface area contributed by atoms with E-state index in [1.165, 1.54) is 0 Å². The van der Waals surface area contributed by atoms with E-state index in [0.717, 1.165) is 55.7 Å². The second-order valence-electron chi connectivity index (χ2n) is 7.28. The van der Waals surface area contributed by atoms with Crippen LogP contribution in [0.25, 0.3) is 0 Å². The standard InChI is InChI=1S/C20H31NO4/c1-14(2)10-11-25-18-9-4-15(12-19(18)24-3)13-21-17-7-5-16(6-8-17)20(22)23/h4,9,12,14,16-17,21H,5-8,10-11,13H2,1-3H3,(H,22,23). The van der Waals surface area contributed by atoms with Gasteiger partial charge < -0.3 is 19.9 Å². The van der Waals surface area contributed by atoms with E-state index in [0.29, 0.717) is 18.6 Å². The molecule has 25 heavy (non-hydrogen) atoms. The van der Waals surface area contributed by atoms with Crippen LogP contribution in [-0.4, -0.2) is 30.8 Å². The molecule has 1 aliphatic carbocycles. The van der Waals surface area contributed by atoms with Gasteiger partial charge >= 0.3 is 5.97 Å². The van der Waals surface area contributed by atoms with Gasteiger partial charge in [0.05, 0.1) is 19.6 Å². The Hall–Kier alpha value is -1.75. The van der Waals surface area contributed by atoms with Crippen molar-refractivity contribution in [2.75, 3.05) is 13.7 Å². The Labute approximate surface area is 150 Å².